The maximum atomic E-state index is 9.92. The van der Waals surface area contributed by atoms with Crippen molar-refractivity contribution in [2.24, 2.45) is 5.92 Å². The molecule has 1 aliphatic carbocycles. The highest BCUT2D eigenvalue weighted by Crippen LogP contribution is 2.49. The second kappa shape index (κ2) is 5.38. The van der Waals surface area contributed by atoms with Crippen LogP contribution in [-0.2, 0) is 18.4 Å². The Hall–Kier alpha value is -1.80. The van der Waals surface area contributed by atoms with Gasteiger partial charge in [0.15, 0.2) is 0 Å². The van der Waals surface area contributed by atoms with Crippen molar-refractivity contribution in [3.8, 4) is 5.75 Å². The van der Waals surface area contributed by atoms with E-state index in [4.69, 9.17) is 0 Å². The van der Waals surface area contributed by atoms with Crippen molar-refractivity contribution in [2.45, 2.75) is 44.7 Å². The lowest BCUT2D eigenvalue weighted by molar-refractivity contribution is 0.0258. The fourth-order valence-corrected chi connectivity index (χ4v) is 4.71. The van der Waals surface area contributed by atoms with Gasteiger partial charge in [-0.05, 0) is 59.5 Å². The summed E-state index contributed by atoms with van der Waals surface area (Å²) in [6.45, 7) is 6.96. The quantitative estimate of drug-likeness (QED) is 0.902. The maximum Gasteiger partial charge on any atom is 0.115 e. The van der Waals surface area contributed by atoms with Crippen LogP contribution in [0.3, 0.4) is 0 Å². The Labute approximate surface area is 138 Å². The number of likely N-dealkylation sites (tertiary alicyclic amines) is 1. The van der Waals surface area contributed by atoms with Crippen LogP contribution in [0.25, 0.3) is 0 Å². The highest BCUT2D eigenvalue weighted by atomic mass is 16.3. The van der Waals surface area contributed by atoms with Crippen molar-refractivity contribution in [1.82, 2.24) is 4.90 Å². The minimum absolute atomic E-state index is 0.185. The number of hydrogen-bond donors (Lipinski definition) is 1. The summed E-state index contributed by atoms with van der Waals surface area (Å²) in [6, 6.07) is 17.4. The first-order valence-electron chi connectivity index (χ1n) is 8.68. The van der Waals surface area contributed by atoms with E-state index in [1.165, 1.54) is 16.7 Å². The summed E-state index contributed by atoms with van der Waals surface area (Å²) in [6.07, 6.45) is 2.26. The molecule has 1 aliphatic heterocycles. The molecule has 120 valence electrons. The highest BCUT2D eigenvalue weighted by Gasteiger charge is 2.48. The van der Waals surface area contributed by atoms with Gasteiger partial charge in [-0.2, -0.15) is 0 Å². The molecule has 2 bridgehead atoms. The largest absolute Gasteiger partial charge is 0.508 e. The van der Waals surface area contributed by atoms with Crippen molar-refractivity contribution in [1.29, 1.82) is 0 Å². The van der Waals surface area contributed by atoms with Crippen LogP contribution in [0.15, 0.2) is 48.5 Å². The molecule has 0 saturated carbocycles. The number of nitrogens with zero attached hydrogens (tertiary/aromatic N) is 1. The molecule has 0 aromatic heterocycles. The van der Waals surface area contributed by atoms with E-state index in [-0.39, 0.29) is 5.41 Å². The van der Waals surface area contributed by atoms with Crippen LogP contribution in [0.4, 0.5) is 0 Å². The van der Waals surface area contributed by atoms with E-state index in [0.29, 0.717) is 17.7 Å². The summed E-state index contributed by atoms with van der Waals surface area (Å²) in [7, 11) is 0. The number of rotatable bonds is 2. The second-order valence-electron chi connectivity index (χ2n) is 7.53. The Balaban J connectivity index is 1.67. The van der Waals surface area contributed by atoms with E-state index < -0.39 is 0 Å². The first kappa shape index (κ1) is 14.8. The van der Waals surface area contributed by atoms with Crippen molar-refractivity contribution in [3.05, 3.63) is 65.2 Å². The number of benzene rings is 2. The smallest absolute Gasteiger partial charge is 0.115 e. The average molecular weight is 307 g/mol. The number of phenolic OH excluding ortho intramolecular Hbond substituents is 1. The first-order valence-corrected chi connectivity index (χ1v) is 8.68. The second-order valence-corrected chi connectivity index (χ2v) is 7.53. The average Bonchev–Trinajstić information content (AvgIpc) is 2.55. The van der Waals surface area contributed by atoms with E-state index in [1.54, 1.807) is 0 Å². The molecule has 23 heavy (non-hydrogen) atoms. The van der Waals surface area contributed by atoms with Crippen LogP contribution in [0.2, 0.25) is 0 Å². The zero-order valence-corrected chi connectivity index (χ0v) is 14.0. The molecule has 0 amide bonds. The normalized spacial score (nSPS) is 30.0. The molecule has 1 unspecified atom stereocenters. The lowest BCUT2D eigenvalue weighted by Crippen LogP contribution is -2.57. The van der Waals surface area contributed by atoms with Crippen LogP contribution >= 0.6 is 0 Å². The summed E-state index contributed by atoms with van der Waals surface area (Å²) >= 11 is 0. The molecule has 2 heteroatoms. The zero-order chi connectivity index (χ0) is 16.0. The van der Waals surface area contributed by atoms with Crippen LogP contribution in [0.1, 0.15) is 37.0 Å². The summed E-state index contributed by atoms with van der Waals surface area (Å²) in [5, 5.41) is 9.92. The first-order chi connectivity index (χ1) is 11.1. The van der Waals surface area contributed by atoms with E-state index in [2.05, 4.69) is 55.1 Å². The van der Waals surface area contributed by atoms with E-state index in [1.807, 2.05) is 12.1 Å². The Morgan fingerprint density at radius 3 is 2.74 bits per heavy atom. The van der Waals surface area contributed by atoms with Gasteiger partial charge >= 0.3 is 0 Å². The Kier molecular flexibility index (Phi) is 3.46. The predicted octanol–water partition coefficient (Wildman–Crippen LogP) is 4.12. The highest BCUT2D eigenvalue weighted by molar-refractivity contribution is 5.44. The SMILES string of the molecule is C[C@H]1[C@H]2Cc3ccc(O)cc3C1(C)CCN2Cc1ccccc1. The van der Waals surface area contributed by atoms with E-state index >= 15 is 0 Å². The summed E-state index contributed by atoms with van der Waals surface area (Å²) in [5.41, 5.74) is 4.39. The molecule has 2 nitrogen and oxygen atoms in total. The molecule has 2 aromatic rings. The lowest BCUT2D eigenvalue weighted by atomic mass is 9.59. The Bertz CT molecular complexity index is 711. The zero-order valence-electron chi connectivity index (χ0n) is 14.0. The number of piperidine rings is 1. The molecular formula is C21H25NO. The molecule has 1 heterocycles. The van der Waals surface area contributed by atoms with Gasteiger partial charge in [0.05, 0.1) is 0 Å². The maximum absolute atomic E-state index is 9.92. The van der Waals surface area contributed by atoms with Gasteiger partial charge < -0.3 is 5.11 Å². The van der Waals surface area contributed by atoms with Gasteiger partial charge in [0.2, 0.25) is 0 Å². The number of hydrogen-bond acceptors (Lipinski definition) is 2. The van der Waals surface area contributed by atoms with E-state index in [0.717, 1.165) is 25.9 Å². The molecule has 0 spiro atoms. The lowest BCUT2D eigenvalue weighted by Gasteiger charge is -2.54. The summed E-state index contributed by atoms with van der Waals surface area (Å²) in [5.74, 6) is 1.01. The van der Waals surface area contributed by atoms with Crippen LogP contribution in [0, 0.1) is 5.92 Å². The van der Waals surface area contributed by atoms with E-state index in [9.17, 15) is 5.11 Å². The molecule has 1 saturated heterocycles. The van der Waals surface area contributed by atoms with Crippen LogP contribution < -0.4 is 0 Å². The summed E-state index contributed by atoms with van der Waals surface area (Å²) < 4.78 is 0. The predicted molar refractivity (Wildman–Crippen MR) is 93.6 cm³/mol. The Morgan fingerprint density at radius 1 is 1.17 bits per heavy atom. The number of aromatic hydroxyl groups is 1. The van der Waals surface area contributed by atoms with Crippen molar-refractivity contribution < 1.29 is 5.11 Å². The monoisotopic (exact) mass is 307 g/mol. The molecular weight excluding hydrogens is 282 g/mol. The topological polar surface area (TPSA) is 23.5 Å². The van der Waals surface area contributed by atoms with Gasteiger partial charge in [-0.3, -0.25) is 4.90 Å². The molecule has 4 rings (SSSR count). The summed E-state index contributed by atoms with van der Waals surface area (Å²) in [4.78, 5) is 2.66. The van der Waals surface area contributed by atoms with Gasteiger partial charge in [0, 0.05) is 12.6 Å². The molecule has 2 aliphatic rings. The molecule has 0 radical (unpaired) electrons. The van der Waals surface area contributed by atoms with Gasteiger partial charge in [0.25, 0.3) is 0 Å². The number of fused-ring (bicyclic) bond motifs is 4. The van der Waals surface area contributed by atoms with Gasteiger partial charge in [0.1, 0.15) is 5.75 Å². The molecule has 2 aromatic carbocycles. The van der Waals surface area contributed by atoms with Gasteiger partial charge in [-0.25, -0.2) is 0 Å². The van der Waals surface area contributed by atoms with Gasteiger partial charge in [-0.1, -0.05) is 50.2 Å². The third-order valence-corrected chi connectivity index (χ3v) is 6.34. The molecule has 3 atom stereocenters. The Morgan fingerprint density at radius 2 is 1.96 bits per heavy atom. The van der Waals surface area contributed by atoms with Crippen LogP contribution in [-0.4, -0.2) is 22.6 Å². The van der Waals surface area contributed by atoms with Crippen molar-refractivity contribution in [2.75, 3.05) is 6.54 Å². The van der Waals surface area contributed by atoms with Gasteiger partial charge in [-0.15, -0.1) is 0 Å². The number of phenols is 1. The standard InChI is InChI=1S/C21H25NO/c1-15-20-12-17-8-9-18(23)13-19(17)21(15,2)10-11-22(20)14-16-6-4-3-5-7-16/h3-9,13,15,20,23H,10-12,14H2,1-2H3/t15-,20+,21?/m0/s1. The van der Waals surface area contributed by atoms with Crippen LogP contribution in [0.5, 0.6) is 5.75 Å². The third-order valence-electron chi connectivity index (χ3n) is 6.34. The molecule has 1 fully saturated rings. The molecule has 1 N–H and O–H groups in total. The third kappa shape index (κ3) is 2.36. The minimum Gasteiger partial charge on any atom is -0.508 e. The fraction of sp³-hybridized carbons (Fsp3) is 0.429. The fourth-order valence-electron chi connectivity index (χ4n) is 4.71. The van der Waals surface area contributed by atoms with Crippen molar-refractivity contribution in [3.63, 3.8) is 0 Å². The minimum atomic E-state index is 0.185. The van der Waals surface area contributed by atoms with Crippen molar-refractivity contribution >= 4 is 0 Å².